The molecule has 1 aromatic carbocycles. The molecule has 0 bridgehead atoms. The highest BCUT2D eigenvalue weighted by Crippen LogP contribution is 2.50. The first-order valence-corrected chi connectivity index (χ1v) is 5.34. The van der Waals surface area contributed by atoms with Crippen molar-refractivity contribution < 1.29 is 12.9 Å². The van der Waals surface area contributed by atoms with Crippen LogP contribution in [0, 0.1) is 0 Å². The van der Waals surface area contributed by atoms with Crippen LogP contribution in [-0.4, -0.2) is 6.98 Å². The van der Waals surface area contributed by atoms with Gasteiger partial charge < -0.3 is 12.9 Å². The summed E-state index contributed by atoms with van der Waals surface area (Å²) in [5.41, 5.74) is 0.846. The first-order valence-electron chi connectivity index (χ1n) is 5.34. The number of hydrogen-bond acceptors (Lipinski definition) is 0. The van der Waals surface area contributed by atoms with Gasteiger partial charge in [0.25, 0.3) is 0 Å². The van der Waals surface area contributed by atoms with E-state index in [1.807, 2.05) is 30.3 Å². The first kappa shape index (κ1) is 10.6. The topological polar surface area (TPSA) is 0 Å². The van der Waals surface area contributed by atoms with Gasteiger partial charge in [0.1, 0.15) is 0 Å². The molecule has 82 valence electrons. The zero-order valence-electron chi connectivity index (χ0n) is 8.37. The quantitative estimate of drug-likeness (QED) is 0.646. The third kappa shape index (κ3) is 2.19. The number of benzene rings is 1. The monoisotopic (exact) mass is 213 g/mol. The van der Waals surface area contributed by atoms with Gasteiger partial charge in [-0.2, -0.15) is 0 Å². The lowest BCUT2D eigenvalue weighted by molar-refractivity contribution is 0.420. The van der Waals surface area contributed by atoms with E-state index >= 15 is 0 Å². The Balaban J connectivity index is 2.23. The number of rotatable bonds is 2. The standard InChI is InChI=1S/C11H13BF3/c13-12(14,15)11-8-4-7-10(11)9-5-2-1-3-6-9/h1-3,5-6,10-11H,4,7-8H2/q-1/t10-,11-/m1/s1. The van der Waals surface area contributed by atoms with Crippen molar-refractivity contribution in [3.05, 3.63) is 35.9 Å². The summed E-state index contributed by atoms with van der Waals surface area (Å²) < 4.78 is 38.3. The molecule has 0 aromatic heterocycles. The van der Waals surface area contributed by atoms with Gasteiger partial charge in [0.2, 0.25) is 0 Å². The fourth-order valence-corrected chi connectivity index (χ4v) is 2.56. The van der Waals surface area contributed by atoms with Gasteiger partial charge in [-0.05, 0) is 17.9 Å². The van der Waals surface area contributed by atoms with Crippen molar-refractivity contribution in [3.63, 3.8) is 0 Å². The van der Waals surface area contributed by atoms with Crippen molar-refractivity contribution in [1.82, 2.24) is 0 Å². The summed E-state index contributed by atoms with van der Waals surface area (Å²) in [6.45, 7) is -4.69. The van der Waals surface area contributed by atoms with E-state index in [1.165, 1.54) is 0 Å². The lowest BCUT2D eigenvalue weighted by Crippen LogP contribution is -2.26. The highest BCUT2D eigenvalue weighted by molar-refractivity contribution is 6.60. The minimum atomic E-state index is -4.69. The third-order valence-electron chi connectivity index (χ3n) is 3.28. The van der Waals surface area contributed by atoms with E-state index in [-0.39, 0.29) is 5.92 Å². The second-order valence-corrected chi connectivity index (χ2v) is 4.24. The average molecular weight is 213 g/mol. The van der Waals surface area contributed by atoms with Gasteiger partial charge in [0.15, 0.2) is 0 Å². The smallest absolute Gasteiger partial charge is 0.449 e. The zero-order chi connectivity index (χ0) is 10.9. The average Bonchev–Trinajstić information content (AvgIpc) is 2.67. The minimum absolute atomic E-state index is 0.300. The molecule has 1 aliphatic rings. The largest absolute Gasteiger partial charge is 0.481 e. The van der Waals surface area contributed by atoms with Gasteiger partial charge >= 0.3 is 6.98 Å². The van der Waals surface area contributed by atoms with Gasteiger partial charge in [0, 0.05) is 0 Å². The Bertz CT molecular complexity index is 320. The van der Waals surface area contributed by atoms with E-state index < -0.39 is 12.8 Å². The molecule has 0 saturated heterocycles. The summed E-state index contributed by atoms with van der Waals surface area (Å²) in [4.78, 5) is 0. The molecule has 1 saturated carbocycles. The molecule has 0 nitrogen and oxygen atoms in total. The molecule has 0 aliphatic heterocycles. The van der Waals surface area contributed by atoms with Crippen LogP contribution in [0.4, 0.5) is 12.9 Å². The second kappa shape index (κ2) is 3.91. The normalized spacial score (nSPS) is 26.9. The van der Waals surface area contributed by atoms with Gasteiger partial charge in [-0.15, -0.1) is 0 Å². The molecule has 0 amide bonds. The fourth-order valence-electron chi connectivity index (χ4n) is 2.56. The molecule has 0 heterocycles. The first-order chi connectivity index (χ1) is 7.09. The molecule has 0 spiro atoms. The van der Waals surface area contributed by atoms with E-state index in [0.29, 0.717) is 19.3 Å². The molecule has 0 N–H and O–H groups in total. The molecular formula is C11H13BF3-. The maximum Gasteiger partial charge on any atom is 0.481 e. The van der Waals surface area contributed by atoms with Crippen molar-refractivity contribution >= 4 is 6.98 Å². The molecule has 15 heavy (non-hydrogen) atoms. The molecular weight excluding hydrogens is 200 g/mol. The Hall–Kier alpha value is -0.925. The SMILES string of the molecule is F[B-](F)(F)[C@@H]1CCC[C@@H]1c1ccccc1. The molecule has 1 aromatic rings. The van der Waals surface area contributed by atoms with Crippen molar-refractivity contribution in [2.45, 2.75) is 31.0 Å². The maximum absolute atomic E-state index is 12.8. The van der Waals surface area contributed by atoms with Crippen molar-refractivity contribution in [3.8, 4) is 0 Å². The van der Waals surface area contributed by atoms with Crippen LogP contribution >= 0.6 is 0 Å². The molecule has 1 aliphatic carbocycles. The van der Waals surface area contributed by atoms with Crippen molar-refractivity contribution in [2.75, 3.05) is 0 Å². The van der Waals surface area contributed by atoms with Crippen LogP contribution in [0.3, 0.4) is 0 Å². The second-order valence-electron chi connectivity index (χ2n) is 4.24. The van der Waals surface area contributed by atoms with Crippen LogP contribution in [0.25, 0.3) is 0 Å². The number of halogens is 3. The molecule has 2 rings (SSSR count). The van der Waals surface area contributed by atoms with Crippen molar-refractivity contribution in [1.29, 1.82) is 0 Å². The molecule has 1 fully saturated rings. The summed E-state index contributed by atoms with van der Waals surface area (Å²) >= 11 is 0. The zero-order valence-corrected chi connectivity index (χ0v) is 8.37. The Labute approximate surface area is 87.6 Å². The number of hydrogen-bond donors (Lipinski definition) is 0. The molecule has 0 radical (unpaired) electrons. The fraction of sp³-hybridized carbons (Fsp3) is 0.455. The summed E-state index contributed by atoms with van der Waals surface area (Å²) in [6.07, 6.45) is 1.69. The van der Waals surface area contributed by atoms with E-state index in [1.54, 1.807) is 0 Å². The van der Waals surface area contributed by atoms with Crippen LogP contribution in [0.5, 0.6) is 0 Å². The van der Waals surface area contributed by atoms with E-state index in [2.05, 4.69) is 0 Å². The van der Waals surface area contributed by atoms with Crippen LogP contribution in [0.1, 0.15) is 30.7 Å². The van der Waals surface area contributed by atoms with Crippen LogP contribution < -0.4 is 0 Å². The Morgan fingerprint density at radius 1 is 1.00 bits per heavy atom. The highest BCUT2D eigenvalue weighted by atomic mass is 19.4. The Morgan fingerprint density at radius 3 is 2.27 bits per heavy atom. The van der Waals surface area contributed by atoms with Crippen LogP contribution in [-0.2, 0) is 0 Å². The molecule has 2 atom stereocenters. The predicted molar refractivity (Wildman–Crippen MR) is 55.9 cm³/mol. The van der Waals surface area contributed by atoms with Crippen LogP contribution in [0.15, 0.2) is 30.3 Å². The van der Waals surface area contributed by atoms with E-state index in [0.717, 1.165) is 5.56 Å². The van der Waals surface area contributed by atoms with Gasteiger partial charge in [0.05, 0.1) is 0 Å². The summed E-state index contributed by atoms with van der Waals surface area (Å²) in [5.74, 6) is -1.38. The third-order valence-corrected chi connectivity index (χ3v) is 3.28. The van der Waals surface area contributed by atoms with Gasteiger partial charge in [-0.25, -0.2) is 0 Å². The summed E-state index contributed by atoms with van der Waals surface area (Å²) in [5, 5.41) is 0. The van der Waals surface area contributed by atoms with Crippen molar-refractivity contribution in [2.24, 2.45) is 0 Å². The van der Waals surface area contributed by atoms with Gasteiger partial charge in [-0.1, -0.05) is 49.0 Å². The molecule has 0 unspecified atom stereocenters. The summed E-state index contributed by atoms with van der Waals surface area (Å²) in [6, 6.07) is 9.09. The predicted octanol–water partition coefficient (Wildman–Crippen LogP) is 4.17. The summed E-state index contributed by atoms with van der Waals surface area (Å²) in [7, 11) is 0. The lowest BCUT2D eigenvalue weighted by Gasteiger charge is -2.28. The minimum Gasteiger partial charge on any atom is -0.449 e. The molecule has 4 heteroatoms. The van der Waals surface area contributed by atoms with Crippen LogP contribution in [0.2, 0.25) is 5.82 Å². The lowest BCUT2D eigenvalue weighted by atomic mass is 9.65. The van der Waals surface area contributed by atoms with E-state index in [4.69, 9.17) is 0 Å². The maximum atomic E-state index is 12.8. The highest BCUT2D eigenvalue weighted by Gasteiger charge is 2.42. The van der Waals surface area contributed by atoms with E-state index in [9.17, 15) is 12.9 Å². The van der Waals surface area contributed by atoms with Gasteiger partial charge in [-0.3, -0.25) is 0 Å². The Kier molecular flexibility index (Phi) is 2.76. The Morgan fingerprint density at radius 2 is 1.67 bits per heavy atom.